The Hall–Kier alpha value is -2.05. The molecule has 0 radical (unpaired) electrons. The molecule has 462 valence electrons. The maximum absolute atomic E-state index is 13.3. The number of aliphatic hydroxyl groups is 8. The summed E-state index contributed by atoms with van der Waals surface area (Å²) in [5.74, 6) is -0.219. The van der Waals surface area contributed by atoms with Gasteiger partial charge in [-0.05, 0) is 51.4 Å². The highest BCUT2D eigenvalue weighted by Crippen LogP contribution is 2.30. The lowest BCUT2D eigenvalue weighted by molar-refractivity contribution is -0.359. The van der Waals surface area contributed by atoms with Gasteiger partial charge in [0, 0.05) is 6.42 Å². The van der Waals surface area contributed by atoms with E-state index in [2.05, 4.69) is 67.8 Å². The molecule has 14 heteroatoms. The molecule has 1 amide bonds. The number of allylic oxidation sites excluding steroid dienone is 8. The van der Waals surface area contributed by atoms with E-state index in [4.69, 9.17) is 18.9 Å². The van der Waals surface area contributed by atoms with Crippen LogP contribution < -0.4 is 5.32 Å². The van der Waals surface area contributed by atoms with Crippen molar-refractivity contribution in [2.24, 2.45) is 0 Å². The van der Waals surface area contributed by atoms with Gasteiger partial charge in [0.05, 0.1) is 32.0 Å². The van der Waals surface area contributed by atoms with Crippen molar-refractivity contribution in [2.45, 2.75) is 338 Å². The van der Waals surface area contributed by atoms with Crippen molar-refractivity contribution in [2.75, 3.05) is 19.8 Å². The zero-order chi connectivity index (χ0) is 57.4. The van der Waals surface area contributed by atoms with Crippen molar-refractivity contribution in [1.29, 1.82) is 0 Å². The zero-order valence-corrected chi connectivity index (χ0v) is 49.9. The van der Waals surface area contributed by atoms with E-state index in [1.807, 2.05) is 0 Å². The zero-order valence-electron chi connectivity index (χ0n) is 49.9. The summed E-state index contributed by atoms with van der Waals surface area (Å²) in [5, 5.41) is 87.4. The molecule has 12 unspecified atom stereocenters. The van der Waals surface area contributed by atoms with E-state index in [0.717, 1.165) is 89.9 Å². The van der Waals surface area contributed by atoms with E-state index in [0.29, 0.717) is 12.8 Å². The first-order valence-corrected chi connectivity index (χ1v) is 32.4. The molecular weight excluding hydrogens is 1000 g/mol. The normalized spacial score (nSPS) is 24.7. The standard InChI is InChI=1S/C65H119NO13/c1-3-5-7-9-11-13-15-17-19-21-23-24-25-26-27-28-29-31-32-34-36-38-40-42-44-46-48-54(69)53(66-57(70)49-47-45-43-41-39-37-35-33-30-22-20-18-16-14-12-10-8-6-4-2)52-76-64-62(75)60(73)63(56(51-68)78-64)79-65-61(74)59(72)58(71)55(50-67)77-65/h6,8,12,14,18,20,30,33,53-56,58-65,67-69,71-75H,3-5,7,9-11,13,15-17,19,21-29,31-32,34-52H2,1-2H3,(H,66,70)/b8-6-,14-12-,20-18-,33-30-. The maximum atomic E-state index is 13.3. The molecule has 2 aliphatic rings. The summed E-state index contributed by atoms with van der Waals surface area (Å²) in [6.45, 7) is 2.76. The second-order valence-electron chi connectivity index (χ2n) is 22.9. The van der Waals surface area contributed by atoms with Crippen molar-refractivity contribution < 1.29 is 64.6 Å². The lowest BCUT2D eigenvalue weighted by atomic mass is 9.97. The number of nitrogens with one attached hydrogen (secondary N) is 1. The number of carbonyl (C=O) groups is 1. The van der Waals surface area contributed by atoms with Crippen LogP contribution in [0.15, 0.2) is 48.6 Å². The van der Waals surface area contributed by atoms with Crippen molar-refractivity contribution >= 4 is 5.91 Å². The van der Waals surface area contributed by atoms with Gasteiger partial charge in [0.15, 0.2) is 12.6 Å². The second kappa shape index (κ2) is 50.5. The molecule has 2 saturated heterocycles. The van der Waals surface area contributed by atoms with Gasteiger partial charge in [-0.3, -0.25) is 4.79 Å². The van der Waals surface area contributed by atoms with E-state index in [1.54, 1.807) is 0 Å². The molecule has 0 aromatic carbocycles. The first-order chi connectivity index (χ1) is 38.6. The molecule has 0 aromatic heterocycles. The number of rotatable bonds is 52. The molecule has 0 aliphatic carbocycles. The van der Waals surface area contributed by atoms with Crippen LogP contribution in [0.5, 0.6) is 0 Å². The number of unbranched alkanes of at least 4 members (excludes halogenated alkanes) is 31. The average molecular weight is 1120 g/mol. The molecule has 0 saturated carbocycles. The summed E-state index contributed by atoms with van der Waals surface area (Å²) in [5.41, 5.74) is 0. The van der Waals surface area contributed by atoms with Gasteiger partial charge < -0.3 is 65.1 Å². The first-order valence-electron chi connectivity index (χ1n) is 32.4. The molecule has 0 spiro atoms. The molecule has 2 heterocycles. The summed E-state index contributed by atoms with van der Waals surface area (Å²) in [6, 6.07) is -0.839. The molecule has 2 rings (SSSR count). The van der Waals surface area contributed by atoms with E-state index >= 15 is 0 Å². The fourth-order valence-electron chi connectivity index (χ4n) is 10.6. The van der Waals surface area contributed by atoms with Gasteiger partial charge in [-0.25, -0.2) is 0 Å². The molecule has 79 heavy (non-hydrogen) atoms. The quantitative estimate of drug-likeness (QED) is 0.0204. The summed E-state index contributed by atoms with van der Waals surface area (Å²) in [7, 11) is 0. The molecular formula is C65H119NO13. The third kappa shape index (κ3) is 35.6. The van der Waals surface area contributed by atoms with Crippen molar-refractivity contribution in [1.82, 2.24) is 5.32 Å². The Kier molecular flexibility index (Phi) is 46.7. The third-order valence-electron chi connectivity index (χ3n) is 15.8. The molecule has 12 atom stereocenters. The number of amides is 1. The van der Waals surface area contributed by atoms with Gasteiger partial charge in [0.25, 0.3) is 0 Å². The van der Waals surface area contributed by atoms with Gasteiger partial charge >= 0.3 is 0 Å². The van der Waals surface area contributed by atoms with Gasteiger partial charge in [0.1, 0.15) is 48.8 Å². The van der Waals surface area contributed by atoms with Crippen LogP contribution >= 0.6 is 0 Å². The Morgan fingerprint density at radius 2 is 0.873 bits per heavy atom. The third-order valence-corrected chi connectivity index (χ3v) is 15.8. The molecule has 0 aromatic rings. The Morgan fingerprint density at radius 3 is 1.34 bits per heavy atom. The second-order valence-corrected chi connectivity index (χ2v) is 22.9. The van der Waals surface area contributed by atoms with Crippen molar-refractivity contribution in [3.05, 3.63) is 48.6 Å². The first kappa shape index (κ1) is 73.1. The largest absolute Gasteiger partial charge is 0.394 e. The van der Waals surface area contributed by atoms with E-state index in [1.165, 1.54) is 141 Å². The van der Waals surface area contributed by atoms with Crippen molar-refractivity contribution in [3.8, 4) is 0 Å². The van der Waals surface area contributed by atoms with Gasteiger partial charge in [0.2, 0.25) is 5.91 Å². The minimum atomic E-state index is -1.79. The SMILES string of the molecule is CC/C=C\C/C=C\C/C=C\C/C=C\CCCCCCCCC(=O)NC(COC1OC(CO)C(OC2OC(CO)C(O)C(O)C2O)C(O)C1O)C(O)CCCCCCCCCCCCCCCCCCCCCCCCCCCC. The van der Waals surface area contributed by atoms with E-state index in [-0.39, 0.29) is 18.9 Å². The maximum Gasteiger partial charge on any atom is 0.220 e. The summed E-state index contributed by atoms with van der Waals surface area (Å²) in [6.07, 6.45) is 46.9. The van der Waals surface area contributed by atoms with Crippen LogP contribution in [0, 0.1) is 0 Å². The fourth-order valence-corrected chi connectivity index (χ4v) is 10.6. The summed E-state index contributed by atoms with van der Waals surface area (Å²) < 4.78 is 22.9. The predicted octanol–water partition coefficient (Wildman–Crippen LogP) is 12.0. The van der Waals surface area contributed by atoms with Crippen LogP contribution in [-0.4, -0.2) is 140 Å². The van der Waals surface area contributed by atoms with Crippen LogP contribution in [-0.2, 0) is 23.7 Å². The highest BCUT2D eigenvalue weighted by Gasteiger charge is 2.51. The lowest BCUT2D eigenvalue weighted by Gasteiger charge is -2.46. The van der Waals surface area contributed by atoms with Crippen LogP contribution in [0.4, 0.5) is 0 Å². The van der Waals surface area contributed by atoms with Crippen LogP contribution in [0.2, 0.25) is 0 Å². The molecule has 2 fully saturated rings. The minimum Gasteiger partial charge on any atom is -0.394 e. The minimum absolute atomic E-state index is 0.219. The van der Waals surface area contributed by atoms with E-state index in [9.17, 15) is 45.6 Å². The molecule has 14 nitrogen and oxygen atoms in total. The topological polar surface area (TPSA) is 228 Å². The Morgan fingerprint density at radius 1 is 0.468 bits per heavy atom. The highest BCUT2D eigenvalue weighted by molar-refractivity contribution is 5.76. The van der Waals surface area contributed by atoms with Gasteiger partial charge in [-0.1, -0.05) is 255 Å². The number of hydrogen-bond acceptors (Lipinski definition) is 13. The number of aliphatic hydroxyl groups excluding tert-OH is 8. The number of ether oxygens (including phenoxy) is 4. The average Bonchev–Trinajstić information content (AvgIpc) is 3.47. The number of hydrogen-bond donors (Lipinski definition) is 9. The molecule has 2 aliphatic heterocycles. The van der Waals surface area contributed by atoms with Crippen LogP contribution in [0.1, 0.15) is 264 Å². The Labute approximate surface area is 480 Å². The number of carbonyl (C=O) groups excluding carboxylic acids is 1. The fraction of sp³-hybridized carbons (Fsp3) is 0.862. The summed E-state index contributed by atoms with van der Waals surface area (Å²) >= 11 is 0. The van der Waals surface area contributed by atoms with Gasteiger partial charge in [-0.2, -0.15) is 0 Å². The summed E-state index contributed by atoms with van der Waals surface area (Å²) in [4.78, 5) is 13.3. The van der Waals surface area contributed by atoms with Crippen LogP contribution in [0.3, 0.4) is 0 Å². The lowest BCUT2D eigenvalue weighted by Crippen LogP contribution is -2.65. The molecule has 0 bridgehead atoms. The van der Waals surface area contributed by atoms with Gasteiger partial charge in [-0.15, -0.1) is 0 Å². The predicted molar refractivity (Wildman–Crippen MR) is 318 cm³/mol. The van der Waals surface area contributed by atoms with Crippen molar-refractivity contribution in [3.63, 3.8) is 0 Å². The highest BCUT2D eigenvalue weighted by atomic mass is 16.7. The Balaban J connectivity index is 1.71. The van der Waals surface area contributed by atoms with E-state index < -0.39 is 86.8 Å². The monoisotopic (exact) mass is 1120 g/mol. The van der Waals surface area contributed by atoms with Crippen LogP contribution in [0.25, 0.3) is 0 Å². The molecule has 9 N–H and O–H groups in total. The smallest absolute Gasteiger partial charge is 0.220 e. The Bertz CT molecular complexity index is 1510.